The van der Waals surface area contributed by atoms with Crippen molar-refractivity contribution in [1.82, 2.24) is 9.62 Å². The second kappa shape index (κ2) is 10.4. The predicted octanol–water partition coefficient (Wildman–Crippen LogP) is 3.37. The van der Waals surface area contributed by atoms with Gasteiger partial charge in [0.1, 0.15) is 5.75 Å². The Bertz CT molecular complexity index is 1150. The van der Waals surface area contributed by atoms with Gasteiger partial charge in [0, 0.05) is 31.6 Å². The Labute approximate surface area is 195 Å². The van der Waals surface area contributed by atoms with E-state index in [1.54, 1.807) is 31.2 Å². The molecule has 184 valence electrons. The number of para-hydroxylation sites is 1. The second-order valence-electron chi connectivity index (χ2n) is 7.60. The lowest BCUT2D eigenvalue weighted by molar-refractivity contribution is -0.274. The molecule has 8 nitrogen and oxygen atoms in total. The molecule has 0 radical (unpaired) electrons. The van der Waals surface area contributed by atoms with Gasteiger partial charge >= 0.3 is 6.36 Å². The van der Waals surface area contributed by atoms with Crippen LogP contribution in [0.3, 0.4) is 0 Å². The van der Waals surface area contributed by atoms with Crippen LogP contribution in [0.15, 0.2) is 53.4 Å². The molecule has 2 N–H and O–H groups in total. The third-order valence-corrected chi connectivity index (χ3v) is 7.16. The van der Waals surface area contributed by atoms with Crippen molar-refractivity contribution < 1.29 is 35.9 Å². The molecule has 34 heavy (non-hydrogen) atoms. The number of hydrogen-bond acceptors (Lipinski definition) is 5. The van der Waals surface area contributed by atoms with E-state index in [-0.39, 0.29) is 42.6 Å². The fraction of sp³-hybridized carbons (Fsp3) is 0.364. The van der Waals surface area contributed by atoms with E-state index >= 15 is 0 Å². The first-order chi connectivity index (χ1) is 16.0. The zero-order valence-electron chi connectivity index (χ0n) is 18.3. The lowest BCUT2D eigenvalue weighted by Crippen LogP contribution is -2.41. The van der Waals surface area contributed by atoms with Gasteiger partial charge in [-0.25, -0.2) is 8.42 Å². The number of piperidine rings is 1. The molecule has 0 atom stereocenters. The molecule has 0 aliphatic carbocycles. The van der Waals surface area contributed by atoms with Crippen molar-refractivity contribution in [3.05, 3.63) is 54.1 Å². The fourth-order valence-electron chi connectivity index (χ4n) is 3.62. The topological polar surface area (TPSA) is 105 Å². The number of carbonyl (C=O) groups is 2. The first kappa shape index (κ1) is 25.5. The molecule has 1 aliphatic rings. The summed E-state index contributed by atoms with van der Waals surface area (Å²) in [4.78, 5) is 24.6. The lowest BCUT2D eigenvalue weighted by atomic mass is 9.97. The molecule has 1 aliphatic heterocycles. The Morgan fingerprint density at radius 3 is 2.41 bits per heavy atom. The maximum absolute atomic E-state index is 12.9. The molecule has 0 aromatic heterocycles. The molecule has 1 saturated heterocycles. The Hall–Kier alpha value is -3.12. The van der Waals surface area contributed by atoms with Crippen molar-refractivity contribution in [2.75, 3.05) is 25.0 Å². The number of nitrogens with one attached hydrogen (secondary N) is 2. The van der Waals surface area contributed by atoms with Gasteiger partial charge in [-0.05, 0) is 44.0 Å². The molecule has 12 heteroatoms. The number of nitrogens with zero attached hydrogens (tertiary/aromatic N) is 1. The lowest BCUT2D eigenvalue weighted by Gasteiger charge is -2.30. The van der Waals surface area contributed by atoms with Gasteiger partial charge in [-0.2, -0.15) is 4.31 Å². The minimum absolute atomic E-state index is 0.0166. The highest BCUT2D eigenvalue weighted by atomic mass is 32.2. The highest BCUT2D eigenvalue weighted by Gasteiger charge is 2.34. The number of hydrogen-bond donors (Lipinski definition) is 2. The number of alkyl halides is 3. The number of sulfonamides is 1. The molecule has 1 heterocycles. The van der Waals surface area contributed by atoms with Gasteiger partial charge in [-0.1, -0.05) is 18.2 Å². The number of amides is 2. The fourth-order valence-corrected chi connectivity index (χ4v) is 5.13. The van der Waals surface area contributed by atoms with Crippen molar-refractivity contribution in [3.8, 4) is 5.75 Å². The van der Waals surface area contributed by atoms with Crippen LogP contribution in [0.2, 0.25) is 0 Å². The highest BCUT2D eigenvalue weighted by Crippen LogP contribution is 2.29. The van der Waals surface area contributed by atoms with E-state index in [9.17, 15) is 31.2 Å². The Morgan fingerprint density at radius 2 is 1.76 bits per heavy atom. The predicted molar refractivity (Wildman–Crippen MR) is 118 cm³/mol. The molecule has 2 aromatic rings. The van der Waals surface area contributed by atoms with Gasteiger partial charge in [-0.15, -0.1) is 13.2 Å². The van der Waals surface area contributed by atoms with Crippen molar-refractivity contribution in [2.24, 2.45) is 5.92 Å². The van der Waals surface area contributed by atoms with Crippen LogP contribution in [0.25, 0.3) is 0 Å². The van der Waals surface area contributed by atoms with Gasteiger partial charge in [0.25, 0.3) is 5.91 Å². The summed E-state index contributed by atoms with van der Waals surface area (Å²) in [7, 11) is -4.07. The van der Waals surface area contributed by atoms with E-state index < -0.39 is 28.1 Å². The van der Waals surface area contributed by atoms with E-state index in [4.69, 9.17) is 0 Å². The molecule has 2 amide bonds. The molecule has 0 unspecified atom stereocenters. The van der Waals surface area contributed by atoms with Gasteiger partial charge in [0.15, 0.2) is 0 Å². The third-order valence-electron chi connectivity index (χ3n) is 5.27. The Morgan fingerprint density at radius 1 is 1.09 bits per heavy atom. The number of anilines is 1. The van der Waals surface area contributed by atoms with Crippen LogP contribution in [-0.4, -0.2) is 50.5 Å². The summed E-state index contributed by atoms with van der Waals surface area (Å²) in [6.07, 6.45) is -4.51. The van der Waals surface area contributed by atoms with Crippen LogP contribution in [0.5, 0.6) is 5.75 Å². The molecule has 1 fully saturated rings. The van der Waals surface area contributed by atoms with Crippen LogP contribution in [-0.2, 0) is 14.8 Å². The maximum Gasteiger partial charge on any atom is 0.573 e. The van der Waals surface area contributed by atoms with E-state index in [2.05, 4.69) is 15.4 Å². The summed E-state index contributed by atoms with van der Waals surface area (Å²) >= 11 is 0. The second-order valence-corrected chi connectivity index (χ2v) is 9.53. The molecule has 3 rings (SSSR count). The minimum Gasteiger partial charge on any atom is -0.406 e. The number of ether oxygens (including phenoxy) is 1. The van der Waals surface area contributed by atoms with Crippen molar-refractivity contribution in [1.29, 1.82) is 0 Å². The smallest absolute Gasteiger partial charge is 0.406 e. The maximum atomic E-state index is 12.9. The average molecular weight is 500 g/mol. The Balaban J connectivity index is 1.65. The quantitative estimate of drug-likeness (QED) is 0.608. The van der Waals surface area contributed by atoms with Crippen LogP contribution >= 0.6 is 0 Å². The highest BCUT2D eigenvalue weighted by molar-refractivity contribution is 7.89. The summed E-state index contributed by atoms with van der Waals surface area (Å²) in [5.74, 6) is -1.78. The van der Waals surface area contributed by atoms with Gasteiger partial charge in [0.2, 0.25) is 15.9 Å². The average Bonchev–Trinajstić information content (AvgIpc) is 2.78. The van der Waals surface area contributed by atoms with Crippen LogP contribution < -0.4 is 15.4 Å². The zero-order chi connectivity index (χ0) is 24.9. The standard InChI is InChI=1S/C22H24F3N3O5S/c1-2-26-21(30)18-8-3-4-9-19(18)27-20(29)15-10-12-28(13-11-15)34(31,32)17-7-5-6-16(14-17)33-22(23,24)25/h3-9,14-15H,2,10-13H2,1H3,(H,26,30)(H,27,29). The third kappa shape index (κ3) is 6.26. The van der Waals surface area contributed by atoms with E-state index in [0.29, 0.717) is 17.8 Å². The van der Waals surface area contributed by atoms with E-state index in [0.717, 1.165) is 16.4 Å². The number of benzene rings is 2. The number of carbonyl (C=O) groups excluding carboxylic acids is 2. The largest absolute Gasteiger partial charge is 0.573 e. The molecule has 0 saturated carbocycles. The van der Waals surface area contributed by atoms with Crippen LogP contribution in [0, 0.1) is 5.92 Å². The molecular weight excluding hydrogens is 475 g/mol. The number of rotatable bonds is 7. The Kier molecular flexibility index (Phi) is 7.82. The van der Waals surface area contributed by atoms with E-state index in [1.165, 1.54) is 12.1 Å². The molecular formula is C22H24F3N3O5S. The SMILES string of the molecule is CCNC(=O)c1ccccc1NC(=O)C1CCN(S(=O)(=O)c2cccc(OC(F)(F)F)c2)CC1. The molecule has 2 aromatic carbocycles. The summed E-state index contributed by atoms with van der Waals surface area (Å²) in [6.45, 7) is 2.24. The van der Waals surface area contributed by atoms with Crippen LogP contribution in [0.4, 0.5) is 18.9 Å². The summed E-state index contributed by atoms with van der Waals surface area (Å²) < 4.78 is 68.1. The van der Waals surface area contributed by atoms with Crippen molar-refractivity contribution in [2.45, 2.75) is 31.0 Å². The zero-order valence-corrected chi connectivity index (χ0v) is 19.1. The number of halogens is 3. The minimum atomic E-state index is -4.94. The normalized spacial score (nSPS) is 15.5. The summed E-state index contributed by atoms with van der Waals surface area (Å²) in [5.41, 5.74) is 0.675. The van der Waals surface area contributed by atoms with E-state index in [1.807, 2.05) is 0 Å². The molecule has 0 spiro atoms. The van der Waals surface area contributed by atoms with Crippen LogP contribution in [0.1, 0.15) is 30.1 Å². The van der Waals surface area contributed by atoms with Gasteiger partial charge in [0.05, 0.1) is 16.1 Å². The van der Waals surface area contributed by atoms with Crippen molar-refractivity contribution >= 4 is 27.5 Å². The van der Waals surface area contributed by atoms with Crippen molar-refractivity contribution in [3.63, 3.8) is 0 Å². The van der Waals surface area contributed by atoms with Gasteiger partial charge in [-0.3, -0.25) is 9.59 Å². The molecule has 0 bridgehead atoms. The first-order valence-corrected chi connectivity index (χ1v) is 12.0. The first-order valence-electron chi connectivity index (χ1n) is 10.6. The van der Waals surface area contributed by atoms with Gasteiger partial charge < -0.3 is 15.4 Å². The monoisotopic (exact) mass is 499 g/mol. The summed E-state index contributed by atoms with van der Waals surface area (Å²) in [6, 6.07) is 10.8. The summed E-state index contributed by atoms with van der Waals surface area (Å²) in [5, 5.41) is 5.42.